The SMILES string of the molecule is O=C1OC2(CCCCC2)CN1C1CCN(S(=O)(=O)c2ccccc2C(F)(F)F)CC1. The van der Waals surface area contributed by atoms with Crippen molar-refractivity contribution in [3.8, 4) is 0 Å². The summed E-state index contributed by atoms with van der Waals surface area (Å²) in [6, 6.07) is 4.08. The summed E-state index contributed by atoms with van der Waals surface area (Å²) in [6.45, 7) is 0.645. The third kappa shape index (κ3) is 3.91. The molecule has 2 aliphatic heterocycles. The van der Waals surface area contributed by atoms with Gasteiger partial charge in [0.1, 0.15) is 5.60 Å². The molecule has 0 radical (unpaired) electrons. The molecule has 0 bridgehead atoms. The fourth-order valence-electron chi connectivity index (χ4n) is 4.84. The Balaban J connectivity index is 1.46. The topological polar surface area (TPSA) is 66.9 Å². The third-order valence-electron chi connectivity index (χ3n) is 6.44. The number of benzene rings is 1. The van der Waals surface area contributed by atoms with Gasteiger partial charge in [0, 0.05) is 19.1 Å². The molecule has 166 valence electrons. The van der Waals surface area contributed by atoms with Crippen LogP contribution in [0.4, 0.5) is 18.0 Å². The molecule has 0 unspecified atom stereocenters. The second-order valence-corrected chi connectivity index (χ2v) is 10.3. The molecule has 2 heterocycles. The summed E-state index contributed by atoms with van der Waals surface area (Å²) in [5, 5.41) is 0. The van der Waals surface area contributed by atoms with Gasteiger partial charge in [-0.2, -0.15) is 17.5 Å². The number of amides is 1. The summed E-state index contributed by atoms with van der Waals surface area (Å²) >= 11 is 0. The molecule has 0 N–H and O–H groups in total. The van der Waals surface area contributed by atoms with Crippen molar-refractivity contribution in [1.82, 2.24) is 9.21 Å². The average Bonchev–Trinajstić information content (AvgIpc) is 3.03. The second-order valence-electron chi connectivity index (χ2n) is 8.37. The molecule has 10 heteroatoms. The van der Waals surface area contributed by atoms with Gasteiger partial charge in [0.05, 0.1) is 17.0 Å². The fraction of sp³-hybridized carbons (Fsp3) is 0.650. The highest BCUT2D eigenvalue weighted by atomic mass is 32.2. The number of carbonyl (C=O) groups is 1. The molecule has 6 nitrogen and oxygen atoms in total. The molecule has 0 aromatic heterocycles. The Kier molecular flexibility index (Phi) is 5.50. The van der Waals surface area contributed by atoms with Crippen molar-refractivity contribution in [2.24, 2.45) is 0 Å². The van der Waals surface area contributed by atoms with E-state index in [-0.39, 0.29) is 25.2 Å². The Hall–Kier alpha value is -1.81. The molecule has 3 fully saturated rings. The largest absolute Gasteiger partial charge is 0.441 e. The maximum Gasteiger partial charge on any atom is 0.417 e. The zero-order valence-electron chi connectivity index (χ0n) is 16.5. The highest BCUT2D eigenvalue weighted by Gasteiger charge is 2.48. The fourth-order valence-corrected chi connectivity index (χ4v) is 6.53. The van der Waals surface area contributed by atoms with E-state index in [1.54, 1.807) is 4.90 Å². The van der Waals surface area contributed by atoms with E-state index in [2.05, 4.69) is 0 Å². The van der Waals surface area contributed by atoms with Crippen LogP contribution >= 0.6 is 0 Å². The molecule has 1 spiro atoms. The van der Waals surface area contributed by atoms with Gasteiger partial charge in [0.25, 0.3) is 0 Å². The lowest BCUT2D eigenvalue weighted by atomic mass is 9.84. The molecule has 30 heavy (non-hydrogen) atoms. The first kappa shape index (κ1) is 21.4. The summed E-state index contributed by atoms with van der Waals surface area (Å²) in [7, 11) is -4.28. The Morgan fingerprint density at radius 3 is 2.30 bits per heavy atom. The molecule has 1 amide bonds. The number of nitrogens with zero attached hydrogens (tertiary/aromatic N) is 2. The van der Waals surface area contributed by atoms with Gasteiger partial charge in [0.15, 0.2) is 0 Å². The van der Waals surface area contributed by atoms with E-state index in [4.69, 9.17) is 4.74 Å². The number of alkyl halides is 3. The molecule has 1 aromatic carbocycles. The van der Waals surface area contributed by atoms with E-state index in [1.807, 2.05) is 0 Å². The zero-order valence-corrected chi connectivity index (χ0v) is 17.3. The van der Waals surface area contributed by atoms with Crippen LogP contribution in [0.3, 0.4) is 0 Å². The van der Waals surface area contributed by atoms with Crippen LogP contribution < -0.4 is 0 Å². The van der Waals surface area contributed by atoms with Gasteiger partial charge in [-0.1, -0.05) is 18.6 Å². The molecule has 3 aliphatic rings. The van der Waals surface area contributed by atoms with Gasteiger partial charge < -0.3 is 9.64 Å². The standard InChI is InChI=1S/C20H25F3N2O4S/c21-20(22,23)16-6-2-3-7-17(16)30(27,28)24-12-8-15(9-13-24)25-14-19(29-18(25)26)10-4-1-5-11-19/h2-3,6-7,15H,1,4-5,8-14H2. The maximum absolute atomic E-state index is 13.3. The smallest absolute Gasteiger partial charge is 0.417 e. The number of piperidine rings is 1. The minimum absolute atomic E-state index is 0.0654. The number of hydrogen-bond acceptors (Lipinski definition) is 4. The van der Waals surface area contributed by atoms with Crippen LogP contribution in [-0.4, -0.2) is 55.0 Å². The van der Waals surface area contributed by atoms with E-state index in [0.29, 0.717) is 19.4 Å². The molecular formula is C20H25F3N2O4S. The average molecular weight is 446 g/mol. The van der Waals surface area contributed by atoms with Crippen LogP contribution in [-0.2, 0) is 20.9 Å². The lowest BCUT2D eigenvalue weighted by molar-refractivity contribution is -0.139. The second kappa shape index (κ2) is 7.71. The Labute approximate surface area is 174 Å². The van der Waals surface area contributed by atoms with Crippen LogP contribution in [0.1, 0.15) is 50.5 Å². The summed E-state index contributed by atoms with van der Waals surface area (Å²) in [5.74, 6) is 0. The number of ether oxygens (including phenoxy) is 1. The van der Waals surface area contributed by atoms with Gasteiger partial charge in [-0.05, 0) is 50.7 Å². The van der Waals surface area contributed by atoms with E-state index in [0.717, 1.165) is 48.5 Å². The molecule has 2 saturated heterocycles. The zero-order chi connectivity index (χ0) is 21.6. The minimum atomic E-state index is -4.75. The summed E-state index contributed by atoms with van der Waals surface area (Å²) in [4.78, 5) is 13.4. The third-order valence-corrected chi connectivity index (χ3v) is 8.39. The van der Waals surface area contributed by atoms with Gasteiger partial charge in [-0.25, -0.2) is 13.2 Å². The van der Waals surface area contributed by atoms with Crippen molar-refractivity contribution in [3.63, 3.8) is 0 Å². The van der Waals surface area contributed by atoms with E-state index < -0.39 is 32.3 Å². The van der Waals surface area contributed by atoms with Gasteiger partial charge in [-0.15, -0.1) is 0 Å². The Morgan fingerprint density at radius 2 is 1.67 bits per heavy atom. The van der Waals surface area contributed by atoms with E-state index in [1.165, 1.54) is 12.1 Å². The van der Waals surface area contributed by atoms with Crippen molar-refractivity contribution < 1.29 is 31.1 Å². The molecule has 4 rings (SSSR count). The number of hydrogen-bond donors (Lipinski definition) is 0. The monoisotopic (exact) mass is 446 g/mol. The van der Waals surface area contributed by atoms with Crippen molar-refractivity contribution >= 4 is 16.1 Å². The predicted molar refractivity (Wildman–Crippen MR) is 102 cm³/mol. The highest BCUT2D eigenvalue weighted by Crippen LogP contribution is 2.40. The molecule has 1 aromatic rings. The van der Waals surface area contributed by atoms with Crippen molar-refractivity contribution in [2.75, 3.05) is 19.6 Å². The first-order valence-electron chi connectivity index (χ1n) is 10.3. The highest BCUT2D eigenvalue weighted by molar-refractivity contribution is 7.89. The van der Waals surface area contributed by atoms with Crippen LogP contribution in [0.5, 0.6) is 0 Å². The van der Waals surface area contributed by atoms with Crippen molar-refractivity contribution in [1.29, 1.82) is 0 Å². The lowest BCUT2D eigenvalue weighted by Gasteiger charge is -2.36. The lowest BCUT2D eigenvalue weighted by Crippen LogP contribution is -2.48. The predicted octanol–water partition coefficient (Wildman–Crippen LogP) is 4.01. The molecule has 1 saturated carbocycles. The summed E-state index contributed by atoms with van der Waals surface area (Å²) in [5.41, 5.74) is -1.58. The van der Waals surface area contributed by atoms with Gasteiger partial charge >= 0.3 is 12.3 Å². The minimum Gasteiger partial charge on any atom is -0.441 e. The van der Waals surface area contributed by atoms with E-state index in [9.17, 15) is 26.4 Å². The van der Waals surface area contributed by atoms with Gasteiger partial charge in [0.2, 0.25) is 10.0 Å². The molecule has 0 atom stereocenters. The van der Waals surface area contributed by atoms with Gasteiger partial charge in [-0.3, -0.25) is 0 Å². The first-order valence-corrected chi connectivity index (χ1v) is 11.7. The number of carbonyl (C=O) groups excluding carboxylic acids is 1. The molecular weight excluding hydrogens is 421 g/mol. The van der Waals surface area contributed by atoms with Crippen LogP contribution in [0, 0.1) is 0 Å². The Morgan fingerprint density at radius 1 is 1.03 bits per heavy atom. The number of halogens is 3. The summed E-state index contributed by atoms with van der Waals surface area (Å²) in [6.07, 6.45) is 0.503. The maximum atomic E-state index is 13.3. The first-order chi connectivity index (χ1) is 14.1. The number of rotatable bonds is 3. The van der Waals surface area contributed by atoms with Crippen LogP contribution in [0.15, 0.2) is 29.2 Å². The van der Waals surface area contributed by atoms with Crippen molar-refractivity contribution in [2.45, 2.75) is 67.7 Å². The van der Waals surface area contributed by atoms with Crippen molar-refractivity contribution in [3.05, 3.63) is 29.8 Å². The summed E-state index contributed by atoms with van der Waals surface area (Å²) < 4.78 is 72.5. The van der Waals surface area contributed by atoms with Crippen LogP contribution in [0.2, 0.25) is 0 Å². The number of sulfonamides is 1. The normalized spacial score (nSPS) is 23.7. The quantitative estimate of drug-likeness (QED) is 0.704. The van der Waals surface area contributed by atoms with E-state index >= 15 is 0 Å². The Bertz CT molecular complexity index is 905. The molecule has 1 aliphatic carbocycles. The van der Waals surface area contributed by atoms with Crippen LogP contribution in [0.25, 0.3) is 0 Å².